The fourth-order valence-electron chi connectivity index (χ4n) is 2.54. The summed E-state index contributed by atoms with van der Waals surface area (Å²) in [5.41, 5.74) is 7.23. The number of carbonyl (C=O) groups is 1. The summed E-state index contributed by atoms with van der Waals surface area (Å²) in [5.74, 6) is 0.310. The first kappa shape index (κ1) is 38.2. The van der Waals surface area contributed by atoms with Crippen LogP contribution in [0.25, 0.3) is 5.57 Å². The van der Waals surface area contributed by atoms with E-state index in [9.17, 15) is 9.90 Å². The number of nitrogens with one attached hydrogen (secondary N) is 1. The highest BCUT2D eigenvalue weighted by Crippen LogP contribution is 2.24. The van der Waals surface area contributed by atoms with Crippen LogP contribution in [0, 0.1) is 6.92 Å². The molecule has 206 valence electrons. The molecular formula is C34H53NO2. The summed E-state index contributed by atoms with van der Waals surface area (Å²) in [4.78, 5) is 11.5. The van der Waals surface area contributed by atoms with Crippen LogP contribution >= 0.6 is 0 Å². The van der Waals surface area contributed by atoms with Gasteiger partial charge in [0.25, 0.3) is 5.91 Å². The molecule has 0 aromatic heterocycles. The Morgan fingerprint density at radius 2 is 1.38 bits per heavy atom. The van der Waals surface area contributed by atoms with Crippen LogP contribution in [0.2, 0.25) is 0 Å². The Labute approximate surface area is 228 Å². The number of rotatable bonds is 6. The van der Waals surface area contributed by atoms with E-state index in [-0.39, 0.29) is 11.7 Å². The molecule has 0 aliphatic heterocycles. The zero-order valence-corrected chi connectivity index (χ0v) is 25.5. The number of para-hydroxylation sites is 1. The van der Waals surface area contributed by atoms with E-state index in [1.165, 1.54) is 16.7 Å². The van der Waals surface area contributed by atoms with Crippen LogP contribution in [-0.4, -0.2) is 17.6 Å². The summed E-state index contributed by atoms with van der Waals surface area (Å²) in [6.07, 6.45) is 4.79. The molecule has 0 spiro atoms. The quantitative estimate of drug-likeness (QED) is 0.382. The van der Waals surface area contributed by atoms with Gasteiger partial charge in [0, 0.05) is 17.7 Å². The number of hydrogen-bond donors (Lipinski definition) is 2. The molecule has 0 fully saturated rings. The molecular weight excluding hydrogens is 454 g/mol. The first-order chi connectivity index (χ1) is 17.5. The van der Waals surface area contributed by atoms with Crippen LogP contribution in [0.3, 0.4) is 0 Å². The zero-order valence-electron chi connectivity index (χ0n) is 25.5. The summed E-state index contributed by atoms with van der Waals surface area (Å²) in [7, 11) is 0. The molecule has 3 nitrogen and oxygen atoms in total. The van der Waals surface area contributed by atoms with E-state index < -0.39 is 0 Å². The molecule has 0 radical (unpaired) electrons. The molecule has 2 aromatic rings. The second kappa shape index (κ2) is 24.4. The van der Waals surface area contributed by atoms with Gasteiger partial charge < -0.3 is 10.4 Å². The van der Waals surface area contributed by atoms with Crippen LogP contribution < -0.4 is 5.32 Å². The average Bonchev–Trinajstić information content (AvgIpc) is 2.90. The Balaban J connectivity index is -0.000000456. The molecule has 0 aliphatic carbocycles. The number of aryl methyl sites for hydroxylation is 1. The molecule has 0 bridgehead atoms. The molecule has 37 heavy (non-hydrogen) atoms. The number of hydrogen-bond acceptors (Lipinski definition) is 2. The van der Waals surface area contributed by atoms with Crippen molar-refractivity contribution in [3.63, 3.8) is 0 Å². The number of benzene rings is 2. The average molecular weight is 508 g/mol. The number of phenols is 1. The lowest BCUT2D eigenvalue weighted by Gasteiger charge is -2.05. The summed E-state index contributed by atoms with van der Waals surface area (Å²) >= 11 is 0. The van der Waals surface area contributed by atoms with E-state index >= 15 is 0 Å². The molecule has 0 aliphatic rings. The maximum absolute atomic E-state index is 11.5. The second-order valence-electron chi connectivity index (χ2n) is 8.22. The zero-order chi connectivity index (χ0) is 29.4. The van der Waals surface area contributed by atoms with Crippen LogP contribution in [-0.2, 0) is 0 Å². The maximum atomic E-state index is 11.5. The molecule has 2 aromatic carbocycles. The molecule has 0 saturated heterocycles. The van der Waals surface area contributed by atoms with Gasteiger partial charge in [-0.05, 0) is 71.2 Å². The van der Waals surface area contributed by atoms with Crippen molar-refractivity contribution in [2.45, 2.75) is 82.6 Å². The summed E-state index contributed by atoms with van der Waals surface area (Å²) < 4.78 is 0. The van der Waals surface area contributed by atoms with Gasteiger partial charge in [-0.3, -0.25) is 4.79 Å². The number of amides is 1. The number of allylic oxidation sites excluding steroid dienone is 6. The standard InChI is InChI=1S/C12H14O.C11H15NO.C7H12.2C2H6/c1-9(2)8-10(3)11-6-4-5-7-12(11)13;1-3-8-12-11(13)10-7-5-4-6-9(10)2;1-5-7(4)6(2)3;2*1-2/h4-8,13H,3H2,1-2H3;4-7H,3,8H2,1-2H3,(H,12,13);5H,1H2,2-4H3;2*1-2H3. The molecule has 3 heteroatoms. The van der Waals surface area contributed by atoms with Crippen LogP contribution in [0.1, 0.15) is 97.1 Å². The Bertz CT molecular complexity index is 973. The van der Waals surface area contributed by atoms with Crippen molar-refractivity contribution >= 4 is 11.5 Å². The summed E-state index contributed by atoms with van der Waals surface area (Å²) in [6.45, 7) is 30.5. The van der Waals surface area contributed by atoms with Crippen molar-refractivity contribution in [3.05, 3.63) is 107 Å². The fourth-order valence-corrected chi connectivity index (χ4v) is 2.54. The van der Waals surface area contributed by atoms with E-state index in [0.717, 1.165) is 35.2 Å². The number of carbonyl (C=O) groups excluding carboxylic acids is 1. The fraction of sp³-hybridized carbons (Fsp3) is 0.382. The molecule has 1 amide bonds. The van der Waals surface area contributed by atoms with E-state index in [0.29, 0.717) is 0 Å². The van der Waals surface area contributed by atoms with Gasteiger partial charge in [-0.15, -0.1) is 0 Å². The van der Waals surface area contributed by atoms with Crippen LogP contribution in [0.4, 0.5) is 0 Å². The highest BCUT2D eigenvalue weighted by atomic mass is 16.3. The number of phenolic OH excluding ortho intramolecular Hbond substituents is 1. The van der Waals surface area contributed by atoms with Crippen molar-refractivity contribution in [1.29, 1.82) is 0 Å². The maximum Gasteiger partial charge on any atom is 0.251 e. The Hall–Kier alpha value is -3.33. The van der Waals surface area contributed by atoms with Gasteiger partial charge in [0.05, 0.1) is 0 Å². The minimum absolute atomic E-state index is 0.0277. The lowest BCUT2D eigenvalue weighted by molar-refractivity contribution is 0.0953. The van der Waals surface area contributed by atoms with E-state index in [2.05, 4.69) is 39.2 Å². The lowest BCUT2D eigenvalue weighted by Crippen LogP contribution is -2.24. The minimum Gasteiger partial charge on any atom is -0.507 e. The Morgan fingerprint density at radius 3 is 1.76 bits per heavy atom. The van der Waals surface area contributed by atoms with E-state index in [1.54, 1.807) is 12.1 Å². The molecule has 0 saturated carbocycles. The monoisotopic (exact) mass is 507 g/mol. The van der Waals surface area contributed by atoms with Crippen molar-refractivity contribution in [1.82, 2.24) is 5.32 Å². The van der Waals surface area contributed by atoms with Gasteiger partial charge in [-0.2, -0.15) is 0 Å². The largest absolute Gasteiger partial charge is 0.507 e. The lowest BCUT2D eigenvalue weighted by atomic mass is 10.0. The minimum atomic E-state index is 0.0277. The number of aromatic hydroxyl groups is 1. The SMILES string of the molecule is C=C(C=C(C)C)c1ccccc1O.C=CC(C)=C(C)C.CC.CC.CCCNC(=O)c1ccccc1C. The molecule has 0 atom stereocenters. The third kappa shape index (κ3) is 18.6. The molecule has 0 heterocycles. The smallest absolute Gasteiger partial charge is 0.251 e. The highest BCUT2D eigenvalue weighted by Gasteiger charge is 2.05. The van der Waals surface area contributed by atoms with Gasteiger partial charge >= 0.3 is 0 Å². The van der Waals surface area contributed by atoms with Crippen molar-refractivity contribution in [2.75, 3.05) is 6.54 Å². The second-order valence-corrected chi connectivity index (χ2v) is 8.22. The molecule has 2 N–H and O–H groups in total. The van der Waals surface area contributed by atoms with Crippen LogP contribution in [0.5, 0.6) is 5.75 Å². The normalized spacial score (nSPS) is 8.51. The van der Waals surface area contributed by atoms with Crippen molar-refractivity contribution in [3.8, 4) is 5.75 Å². The van der Waals surface area contributed by atoms with Gasteiger partial charge in [-0.25, -0.2) is 0 Å². The van der Waals surface area contributed by atoms with Gasteiger partial charge in [-0.1, -0.05) is 113 Å². The van der Waals surface area contributed by atoms with Gasteiger partial charge in [0.2, 0.25) is 0 Å². The van der Waals surface area contributed by atoms with Crippen molar-refractivity contribution in [2.24, 2.45) is 0 Å². The van der Waals surface area contributed by atoms with Crippen LogP contribution in [0.15, 0.2) is 90.6 Å². The third-order valence-electron chi connectivity index (χ3n) is 4.73. The highest BCUT2D eigenvalue weighted by molar-refractivity contribution is 5.95. The topological polar surface area (TPSA) is 49.3 Å². The molecule has 0 unspecified atom stereocenters. The first-order valence-corrected chi connectivity index (χ1v) is 13.3. The summed E-state index contributed by atoms with van der Waals surface area (Å²) in [6, 6.07) is 14.8. The third-order valence-corrected chi connectivity index (χ3v) is 4.73. The Morgan fingerprint density at radius 1 is 0.892 bits per heavy atom. The summed E-state index contributed by atoms with van der Waals surface area (Å²) in [5, 5.41) is 12.4. The van der Waals surface area contributed by atoms with Gasteiger partial charge in [0.15, 0.2) is 0 Å². The Kier molecular flexibility index (Phi) is 25.2. The van der Waals surface area contributed by atoms with Gasteiger partial charge in [0.1, 0.15) is 5.75 Å². The predicted molar refractivity (Wildman–Crippen MR) is 167 cm³/mol. The van der Waals surface area contributed by atoms with Crippen molar-refractivity contribution < 1.29 is 9.90 Å². The van der Waals surface area contributed by atoms with E-state index in [4.69, 9.17) is 0 Å². The predicted octanol–water partition coefficient (Wildman–Crippen LogP) is 10.1. The first-order valence-electron chi connectivity index (χ1n) is 13.3. The van der Waals surface area contributed by atoms with E-state index in [1.807, 2.05) is 104 Å². The molecule has 2 rings (SSSR count).